The second-order valence-corrected chi connectivity index (χ2v) is 5.74. The number of carboxylic acid groups (broad SMARTS) is 1. The summed E-state index contributed by atoms with van der Waals surface area (Å²) >= 11 is 0. The minimum absolute atomic E-state index is 0.0111. The third-order valence-corrected chi connectivity index (χ3v) is 4.39. The van der Waals surface area contributed by atoms with Crippen LogP contribution in [0.3, 0.4) is 0 Å². The van der Waals surface area contributed by atoms with Crippen LogP contribution in [0.25, 0.3) is 0 Å². The number of carbonyl (C=O) groups excluding carboxylic acids is 1. The van der Waals surface area contributed by atoms with Crippen LogP contribution >= 0.6 is 0 Å². The van der Waals surface area contributed by atoms with Crippen LogP contribution in [0.4, 0.5) is 0 Å². The van der Waals surface area contributed by atoms with Crippen LogP contribution < -0.4 is 5.32 Å². The summed E-state index contributed by atoms with van der Waals surface area (Å²) in [5.41, 5.74) is 0.120. The van der Waals surface area contributed by atoms with E-state index in [9.17, 15) is 9.59 Å². The van der Waals surface area contributed by atoms with E-state index in [0.29, 0.717) is 25.8 Å². The Bertz CT molecular complexity index is 338. The second kappa shape index (κ2) is 5.26. The largest absolute Gasteiger partial charge is 0.481 e. The summed E-state index contributed by atoms with van der Waals surface area (Å²) in [5.74, 6) is -1.30. The standard InChI is InChI=1S/C13H21NO4/c15-6-5-13(3-4-13)8-14-11(16)9-1-2-10(7-9)12(17)18/h9-10,15H,1-8H2,(H,14,16)(H,17,18). The van der Waals surface area contributed by atoms with Gasteiger partial charge in [0.1, 0.15) is 0 Å². The molecule has 2 aliphatic rings. The first-order valence-electron chi connectivity index (χ1n) is 6.68. The van der Waals surface area contributed by atoms with Crippen molar-refractivity contribution in [3.8, 4) is 0 Å². The minimum atomic E-state index is -0.788. The average Bonchev–Trinajstić information content (AvgIpc) is 2.92. The quantitative estimate of drug-likeness (QED) is 0.654. The number of amides is 1. The van der Waals surface area contributed by atoms with E-state index in [4.69, 9.17) is 10.2 Å². The van der Waals surface area contributed by atoms with Gasteiger partial charge in [-0.15, -0.1) is 0 Å². The molecule has 18 heavy (non-hydrogen) atoms. The summed E-state index contributed by atoms with van der Waals surface area (Å²) in [5, 5.41) is 20.8. The molecule has 3 N–H and O–H groups in total. The molecule has 2 rings (SSSR count). The highest BCUT2D eigenvalue weighted by molar-refractivity contribution is 5.80. The zero-order chi connectivity index (χ0) is 13.2. The number of rotatable bonds is 6. The van der Waals surface area contributed by atoms with Crippen molar-refractivity contribution >= 4 is 11.9 Å². The van der Waals surface area contributed by atoms with E-state index in [1.54, 1.807) is 0 Å². The molecule has 0 aromatic heterocycles. The Labute approximate surface area is 107 Å². The van der Waals surface area contributed by atoms with Crippen molar-refractivity contribution in [2.45, 2.75) is 38.5 Å². The molecule has 2 fully saturated rings. The van der Waals surface area contributed by atoms with E-state index < -0.39 is 5.97 Å². The van der Waals surface area contributed by atoms with Gasteiger partial charge in [-0.25, -0.2) is 0 Å². The Hall–Kier alpha value is -1.10. The fourth-order valence-corrected chi connectivity index (χ4v) is 2.79. The molecule has 2 unspecified atom stereocenters. The van der Waals surface area contributed by atoms with Gasteiger partial charge in [0.25, 0.3) is 0 Å². The van der Waals surface area contributed by atoms with Crippen molar-refractivity contribution in [1.82, 2.24) is 5.32 Å². The van der Waals surface area contributed by atoms with Gasteiger partial charge in [-0.2, -0.15) is 0 Å². The van der Waals surface area contributed by atoms with E-state index in [1.807, 2.05) is 0 Å². The fraction of sp³-hybridized carbons (Fsp3) is 0.846. The molecular weight excluding hydrogens is 234 g/mol. The molecule has 2 aliphatic carbocycles. The molecule has 5 nitrogen and oxygen atoms in total. The lowest BCUT2D eigenvalue weighted by Crippen LogP contribution is -2.34. The lowest BCUT2D eigenvalue weighted by atomic mass is 10.0. The first-order valence-corrected chi connectivity index (χ1v) is 6.68. The van der Waals surface area contributed by atoms with Crippen LogP contribution in [0.5, 0.6) is 0 Å². The number of aliphatic carboxylic acids is 1. The Morgan fingerprint density at radius 2 is 1.89 bits per heavy atom. The fourth-order valence-electron chi connectivity index (χ4n) is 2.79. The lowest BCUT2D eigenvalue weighted by Gasteiger charge is -2.16. The molecule has 0 radical (unpaired) electrons. The van der Waals surface area contributed by atoms with Crippen molar-refractivity contribution in [1.29, 1.82) is 0 Å². The van der Waals surface area contributed by atoms with Gasteiger partial charge in [0.05, 0.1) is 5.92 Å². The summed E-state index contributed by atoms with van der Waals surface area (Å²) < 4.78 is 0. The smallest absolute Gasteiger partial charge is 0.306 e. The number of nitrogens with one attached hydrogen (secondary N) is 1. The van der Waals surface area contributed by atoms with Crippen molar-refractivity contribution < 1.29 is 19.8 Å². The highest BCUT2D eigenvalue weighted by Gasteiger charge is 2.42. The molecule has 5 heteroatoms. The van der Waals surface area contributed by atoms with E-state index in [2.05, 4.69) is 5.32 Å². The van der Waals surface area contributed by atoms with Gasteiger partial charge in [0, 0.05) is 19.1 Å². The van der Waals surface area contributed by atoms with Crippen molar-refractivity contribution in [2.24, 2.45) is 17.3 Å². The number of carboxylic acids is 1. The predicted octanol–water partition coefficient (Wildman–Crippen LogP) is 0.766. The molecule has 0 spiro atoms. The number of aliphatic hydroxyl groups excluding tert-OH is 1. The molecule has 102 valence electrons. The van der Waals surface area contributed by atoms with Gasteiger partial charge in [-0.1, -0.05) is 0 Å². The van der Waals surface area contributed by atoms with E-state index in [1.165, 1.54) is 0 Å². The maximum atomic E-state index is 11.9. The molecule has 0 saturated heterocycles. The number of aliphatic hydroxyl groups is 1. The first kappa shape index (κ1) is 13.3. The highest BCUT2D eigenvalue weighted by atomic mass is 16.4. The Kier molecular flexibility index (Phi) is 3.90. The first-order chi connectivity index (χ1) is 8.56. The van der Waals surface area contributed by atoms with E-state index >= 15 is 0 Å². The zero-order valence-corrected chi connectivity index (χ0v) is 10.5. The molecular formula is C13H21NO4. The SMILES string of the molecule is O=C(O)C1CCC(C(=O)NCC2(CCO)CC2)C1. The van der Waals surface area contributed by atoms with Crippen LogP contribution in [0.15, 0.2) is 0 Å². The van der Waals surface area contributed by atoms with Gasteiger partial charge in [-0.3, -0.25) is 9.59 Å². The molecule has 2 atom stereocenters. The monoisotopic (exact) mass is 255 g/mol. The minimum Gasteiger partial charge on any atom is -0.481 e. The molecule has 0 aromatic carbocycles. The second-order valence-electron chi connectivity index (χ2n) is 5.74. The van der Waals surface area contributed by atoms with Gasteiger partial charge in [0.2, 0.25) is 5.91 Å². The normalized spacial score (nSPS) is 28.9. The maximum absolute atomic E-state index is 11.9. The summed E-state index contributed by atoms with van der Waals surface area (Å²) in [6.45, 7) is 0.793. The molecule has 1 amide bonds. The number of carbonyl (C=O) groups is 2. The van der Waals surface area contributed by atoms with Crippen molar-refractivity contribution in [2.75, 3.05) is 13.2 Å². The Balaban J connectivity index is 1.74. The highest BCUT2D eigenvalue weighted by Crippen LogP contribution is 2.48. The third-order valence-electron chi connectivity index (χ3n) is 4.39. The zero-order valence-electron chi connectivity index (χ0n) is 10.5. The maximum Gasteiger partial charge on any atom is 0.306 e. The lowest BCUT2D eigenvalue weighted by molar-refractivity contribution is -0.141. The average molecular weight is 255 g/mol. The predicted molar refractivity (Wildman–Crippen MR) is 64.8 cm³/mol. The van der Waals surface area contributed by atoms with Crippen molar-refractivity contribution in [3.05, 3.63) is 0 Å². The number of hydrogen-bond acceptors (Lipinski definition) is 3. The summed E-state index contributed by atoms with van der Waals surface area (Å²) in [7, 11) is 0. The van der Waals surface area contributed by atoms with Crippen molar-refractivity contribution in [3.63, 3.8) is 0 Å². The third kappa shape index (κ3) is 3.02. The van der Waals surface area contributed by atoms with E-state index in [-0.39, 0.29) is 29.8 Å². The molecule has 2 saturated carbocycles. The van der Waals surface area contributed by atoms with Gasteiger partial charge < -0.3 is 15.5 Å². The van der Waals surface area contributed by atoms with Gasteiger partial charge in [-0.05, 0) is 43.9 Å². The molecule has 0 aliphatic heterocycles. The van der Waals surface area contributed by atoms with E-state index in [0.717, 1.165) is 19.3 Å². The number of hydrogen-bond donors (Lipinski definition) is 3. The molecule has 0 aromatic rings. The molecule has 0 bridgehead atoms. The molecule has 0 heterocycles. The summed E-state index contributed by atoms with van der Waals surface area (Å²) in [4.78, 5) is 22.7. The van der Waals surface area contributed by atoms with Crippen LogP contribution in [0, 0.1) is 17.3 Å². The van der Waals surface area contributed by atoms with Crippen LogP contribution in [0.1, 0.15) is 38.5 Å². The van der Waals surface area contributed by atoms with Crippen LogP contribution in [0.2, 0.25) is 0 Å². The summed E-state index contributed by atoms with van der Waals surface area (Å²) in [6, 6.07) is 0. The van der Waals surface area contributed by atoms with Crippen LogP contribution in [-0.4, -0.2) is 35.2 Å². The Morgan fingerprint density at radius 1 is 1.22 bits per heavy atom. The Morgan fingerprint density at radius 3 is 2.39 bits per heavy atom. The van der Waals surface area contributed by atoms with Gasteiger partial charge in [0.15, 0.2) is 0 Å². The topological polar surface area (TPSA) is 86.6 Å². The summed E-state index contributed by atoms with van der Waals surface area (Å²) in [6.07, 6.45) is 4.63. The van der Waals surface area contributed by atoms with Gasteiger partial charge >= 0.3 is 5.97 Å². The van der Waals surface area contributed by atoms with Crippen LogP contribution in [-0.2, 0) is 9.59 Å².